The minimum absolute atomic E-state index is 0. The van der Waals surface area contributed by atoms with Crippen LogP contribution in [0.2, 0.25) is 0 Å². The Morgan fingerprint density at radius 1 is 0.964 bits per heavy atom. The number of nitrogens with zero attached hydrogens (tertiary/aromatic N) is 2. The fraction of sp³-hybridized carbons (Fsp3) is 0.850. The highest BCUT2D eigenvalue weighted by molar-refractivity contribution is 14.0. The van der Waals surface area contributed by atoms with Crippen molar-refractivity contribution in [3.63, 3.8) is 0 Å². The minimum atomic E-state index is -0.323. The molecule has 0 spiro atoms. The van der Waals surface area contributed by atoms with Gasteiger partial charge in [-0.1, -0.05) is 32.1 Å². The average molecular weight is 507 g/mol. The number of rotatable bonds is 7. The van der Waals surface area contributed by atoms with Gasteiger partial charge in [0, 0.05) is 46.7 Å². The van der Waals surface area contributed by atoms with Crippen molar-refractivity contribution in [2.75, 3.05) is 40.8 Å². The summed E-state index contributed by atoms with van der Waals surface area (Å²) in [6.07, 6.45) is 9.67. The summed E-state index contributed by atoms with van der Waals surface area (Å²) in [5, 5.41) is 9.58. The standard InChI is InChI=1S/C20H37N5O2.HI/c1-21-19(23-14-13-22-17(26)16-9-5-4-6-10-16)24-15-20(11-7-8-12-20)18(27)25(2)3;/h16H,4-15H2,1-3H3,(H,22,26)(H2,21,23,24);1H. The van der Waals surface area contributed by atoms with E-state index in [1.165, 1.54) is 19.3 Å². The Morgan fingerprint density at radius 3 is 2.14 bits per heavy atom. The van der Waals surface area contributed by atoms with Crippen LogP contribution in [0.25, 0.3) is 0 Å². The van der Waals surface area contributed by atoms with E-state index in [1.807, 2.05) is 14.1 Å². The lowest BCUT2D eigenvalue weighted by Crippen LogP contribution is -2.50. The molecule has 162 valence electrons. The van der Waals surface area contributed by atoms with Crippen LogP contribution in [0.5, 0.6) is 0 Å². The zero-order valence-electron chi connectivity index (χ0n) is 17.7. The third kappa shape index (κ3) is 7.08. The third-order valence-electron chi connectivity index (χ3n) is 5.93. The van der Waals surface area contributed by atoms with Crippen molar-refractivity contribution in [2.24, 2.45) is 16.3 Å². The lowest BCUT2D eigenvalue weighted by atomic mass is 9.84. The highest BCUT2D eigenvalue weighted by Crippen LogP contribution is 2.38. The second-order valence-electron chi connectivity index (χ2n) is 8.17. The summed E-state index contributed by atoms with van der Waals surface area (Å²) in [5.74, 6) is 1.25. The minimum Gasteiger partial charge on any atom is -0.355 e. The van der Waals surface area contributed by atoms with Gasteiger partial charge in [0.2, 0.25) is 11.8 Å². The number of hydrogen-bond acceptors (Lipinski definition) is 3. The molecule has 0 saturated heterocycles. The van der Waals surface area contributed by atoms with Crippen LogP contribution in [0.3, 0.4) is 0 Å². The number of guanidine groups is 1. The number of halogens is 1. The number of nitrogens with one attached hydrogen (secondary N) is 3. The molecule has 0 aromatic rings. The molecule has 0 radical (unpaired) electrons. The molecule has 0 atom stereocenters. The molecular formula is C20H38IN5O2. The van der Waals surface area contributed by atoms with Crippen molar-refractivity contribution in [1.82, 2.24) is 20.9 Å². The van der Waals surface area contributed by atoms with Crippen LogP contribution < -0.4 is 16.0 Å². The summed E-state index contributed by atoms with van der Waals surface area (Å²) in [6, 6.07) is 0. The molecule has 2 fully saturated rings. The molecule has 0 bridgehead atoms. The van der Waals surface area contributed by atoms with Gasteiger partial charge in [-0.15, -0.1) is 24.0 Å². The van der Waals surface area contributed by atoms with Gasteiger partial charge >= 0.3 is 0 Å². The Balaban J connectivity index is 0.00000392. The Labute approximate surface area is 186 Å². The quantitative estimate of drug-likeness (QED) is 0.213. The fourth-order valence-corrected chi connectivity index (χ4v) is 4.34. The zero-order valence-corrected chi connectivity index (χ0v) is 20.0. The van der Waals surface area contributed by atoms with Crippen molar-refractivity contribution >= 4 is 41.8 Å². The van der Waals surface area contributed by atoms with Crippen LogP contribution in [-0.4, -0.2) is 63.5 Å². The summed E-state index contributed by atoms with van der Waals surface area (Å²) in [7, 11) is 5.37. The zero-order chi connectivity index (χ0) is 19.7. The predicted octanol–water partition coefficient (Wildman–Crippen LogP) is 2.11. The molecule has 3 N–H and O–H groups in total. The van der Waals surface area contributed by atoms with Crippen molar-refractivity contribution < 1.29 is 9.59 Å². The Hall–Kier alpha value is -1.06. The first-order valence-corrected chi connectivity index (χ1v) is 10.4. The van der Waals surface area contributed by atoms with E-state index in [2.05, 4.69) is 20.9 Å². The van der Waals surface area contributed by atoms with E-state index >= 15 is 0 Å². The third-order valence-corrected chi connectivity index (χ3v) is 5.93. The molecule has 0 unspecified atom stereocenters. The van der Waals surface area contributed by atoms with Crippen LogP contribution in [0.4, 0.5) is 0 Å². The molecule has 7 nitrogen and oxygen atoms in total. The topological polar surface area (TPSA) is 85.8 Å². The molecule has 2 aliphatic rings. The second-order valence-corrected chi connectivity index (χ2v) is 8.17. The monoisotopic (exact) mass is 507 g/mol. The molecule has 0 aromatic carbocycles. The van der Waals surface area contributed by atoms with Crippen LogP contribution in [0.1, 0.15) is 57.8 Å². The molecule has 2 saturated carbocycles. The number of aliphatic imine (C=N–C) groups is 1. The van der Waals surface area contributed by atoms with Gasteiger partial charge in [0.05, 0.1) is 5.41 Å². The second kappa shape index (κ2) is 12.5. The van der Waals surface area contributed by atoms with E-state index in [-0.39, 0.29) is 47.1 Å². The average Bonchev–Trinajstić information content (AvgIpc) is 3.17. The maximum Gasteiger partial charge on any atom is 0.230 e. The van der Waals surface area contributed by atoms with E-state index in [0.717, 1.165) is 38.5 Å². The summed E-state index contributed by atoms with van der Waals surface area (Å²) < 4.78 is 0. The highest BCUT2D eigenvalue weighted by atomic mass is 127. The SMILES string of the molecule is CN=C(NCCNC(=O)C1CCCCC1)NCC1(C(=O)N(C)C)CCCC1.I. The lowest BCUT2D eigenvalue weighted by Gasteiger charge is -2.31. The molecule has 0 aliphatic heterocycles. The van der Waals surface area contributed by atoms with Crippen LogP contribution in [-0.2, 0) is 9.59 Å². The predicted molar refractivity (Wildman–Crippen MR) is 124 cm³/mol. The first-order valence-electron chi connectivity index (χ1n) is 10.4. The Bertz CT molecular complexity index is 527. The Morgan fingerprint density at radius 2 is 1.57 bits per heavy atom. The molecule has 0 heterocycles. The highest BCUT2D eigenvalue weighted by Gasteiger charge is 2.42. The lowest BCUT2D eigenvalue weighted by molar-refractivity contribution is -0.138. The van der Waals surface area contributed by atoms with Gasteiger partial charge in [-0.05, 0) is 25.7 Å². The van der Waals surface area contributed by atoms with Crippen molar-refractivity contribution in [1.29, 1.82) is 0 Å². The van der Waals surface area contributed by atoms with E-state index in [0.29, 0.717) is 25.6 Å². The summed E-state index contributed by atoms with van der Waals surface area (Å²) in [4.78, 5) is 30.7. The smallest absolute Gasteiger partial charge is 0.230 e. The molecular weight excluding hydrogens is 469 g/mol. The van der Waals surface area contributed by atoms with Gasteiger partial charge in [-0.25, -0.2) is 0 Å². The maximum atomic E-state index is 12.6. The van der Waals surface area contributed by atoms with E-state index in [9.17, 15) is 9.59 Å². The van der Waals surface area contributed by atoms with Crippen molar-refractivity contribution in [2.45, 2.75) is 57.8 Å². The van der Waals surface area contributed by atoms with Crippen LogP contribution in [0, 0.1) is 11.3 Å². The number of carbonyl (C=O) groups excluding carboxylic acids is 2. The summed E-state index contributed by atoms with van der Waals surface area (Å²) in [5.41, 5.74) is -0.323. The van der Waals surface area contributed by atoms with E-state index in [4.69, 9.17) is 0 Å². The fourth-order valence-electron chi connectivity index (χ4n) is 4.34. The van der Waals surface area contributed by atoms with E-state index in [1.54, 1.807) is 11.9 Å². The van der Waals surface area contributed by atoms with Gasteiger partial charge in [-0.3, -0.25) is 14.6 Å². The largest absolute Gasteiger partial charge is 0.355 e. The molecule has 0 aromatic heterocycles. The first-order chi connectivity index (χ1) is 13.0. The number of carbonyl (C=O) groups is 2. The Kier molecular flexibility index (Phi) is 11.1. The van der Waals surface area contributed by atoms with Gasteiger partial charge in [0.25, 0.3) is 0 Å². The molecule has 2 aliphatic carbocycles. The van der Waals surface area contributed by atoms with Crippen LogP contribution >= 0.6 is 24.0 Å². The number of amides is 2. The van der Waals surface area contributed by atoms with Gasteiger partial charge in [-0.2, -0.15) is 0 Å². The van der Waals surface area contributed by atoms with Crippen molar-refractivity contribution in [3.05, 3.63) is 0 Å². The molecule has 2 amide bonds. The van der Waals surface area contributed by atoms with Gasteiger partial charge in [0.15, 0.2) is 5.96 Å². The van der Waals surface area contributed by atoms with Crippen LogP contribution in [0.15, 0.2) is 4.99 Å². The molecule has 8 heteroatoms. The summed E-state index contributed by atoms with van der Waals surface area (Å²) >= 11 is 0. The molecule has 28 heavy (non-hydrogen) atoms. The first kappa shape index (κ1) is 25.0. The van der Waals surface area contributed by atoms with Gasteiger partial charge < -0.3 is 20.9 Å². The normalized spacial score (nSPS) is 19.5. The van der Waals surface area contributed by atoms with E-state index < -0.39 is 0 Å². The molecule has 2 rings (SSSR count). The van der Waals surface area contributed by atoms with Gasteiger partial charge in [0.1, 0.15) is 0 Å². The summed E-state index contributed by atoms with van der Waals surface area (Å²) in [6.45, 7) is 1.79. The van der Waals surface area contributed by atoms with Crippen molar-refractivity contribution in [3.8, 4) is 0 Å². The maximum absolute atomic E-state index is 12.6. The number of hydrogen-bond donors (Lipinski definition) is 3.